The molecule has 0 aliphatic carbocycles. The van der Waals surface area contributed by atoms with Crippen molar-refractivity contribution in [2.24, 2.45) is 0 Å². The molecule has 0 saturated carbocycles. The summed E-state index contributed by atoms with van der Waals surface area (Å²) >= 11 is 0. The summed E-state index contributed by atoms with van der Waals surface area (Å²) < 4.78 is 0. The first-order valence-corrected chi connectivity index (χ1v) is 8.63. The summed E-state index contributed by atoms with van der Waals surface area (Å²) in [5.41, 5.74) is 1.07. The topological polar surface area (TPSA) is 94.6 Å². The van der Waals surface area contributed by atoms with Crippen LogP contribution in [0, 0.1) is 0 Å². The predicted molar refractivity (Wildman–Crippen MR) is 90.5 cm³/mol. The van der Waals surface area contributed by atoms with E-state index >= 15 is 0 Å². The molecule has 2 fully saturated rings. The maximum atomic E-state index is 12.2. The smallest absolute Gasteiger partial charge is 0.325 e. The molecule has 1 aromatic heterocycles. The number of hydrogen-bond acceptors (Lipinski definition) is 5. The van der Waals surface area contributed by atoms with Gasteiger partial charge in [-0.1, -0.05) is 12.5 Å². The number of aromatic nitrogens is 1. The number of urea groups is 1. The van der Waals surface area contributed by atoms with Gasteiger partial charge in [-0.15, -0.1) is 0 Å². The summed E-state index contributed by atoms with van der Waals surface area (Å²) in [6, 6.07) is 3.46. The number of carbonyl (C=O) groups is 3. The molecule has 1 aromatic rings. The summed E-state index contributed by atoms with van der Waals surface area (Å²) in [7, 11) is 0. The average Bonchev–Trinajstić information content (AvgIpc) is 2.94. The second-order valence-electron chi connectivity index (χ2n) is 6.41. The van der Waals surface area contributed by atoms with Gasteiger partial charge in [0.15, 0.2) is 0 Å². The first-order chi connectivity index (χ1) is 12.1. The van der Waals surface area contributed by atoms with Crippen LogP contribution in [0.3, 0.4) is 0 Å². The average molecular weight is 345 g/mol. The van der Waals surface area contributed by atoms with E-state index in [0.29, 0.717) is 6.54 Å². The van der Waals surface area contributed by atoms with E-state index in [2.05, 4.69) is 20.5 Å². The van der Waals surface area contributed by atoms with Crippen molar-refractivity contribution >= 4 is 17.8 Å². The van der Waals surface area contributed by atoms with E-state index < -0.39 is 6.03 Å². The number of nitrogens with zero attached hydrogens (tertiary/aromatic N) is 3. The van der Waals surface area contributed by atoms with Crippen molar-refractivity contribution in [2.45, 2.75) is 25.3 Å². The molecule has 4 amide bonds. The van der Waals surface area contributed by atoms with Crippen molar-refractivity contribution in [2.75, 3.05) is 32.7 Å². The highest BCUT2D eigenvalue weighted by Crippen LogP contribution is 2.23. The number of likely N-dealkylation sites (tertiary alicyclic amines) is 1. The normalized spacial score (nSPS) is 19.6. The lowest BCUT2D eigenvalue weighted by Gasteiger charge is -2.35. The number of carbonyl (C=O) groups excluding carboxylic acids is 3. The third-order valence-corrected chi connectivity index (χ3v) is 4.60. The highest BCUT2D eigenvalue weighted by atomic mass is 16.2. The lowest BCUT2D eigenvalue weighted by molar-refractivity contribution is -0.122. The van der Waals surface area contributed by atoms with Gasteiger partial charge in [-0.3, -0.25) is 24.8 Å². The molecule has 8 nitrogen and oxygen atoms in total. The van der Waals surface area contributed by atoms with Gasteiger partial charge >= 0.3 is 6.03 Å². The molecule has 8 heteroatoms. The first kappa shape index (κ1) is 17.3. The van der Waals surface area contributed by atoms with Gasteiger partial charge in [0, 0.05) is 18.9 Å². The minimum Gasteiger partial charge on any atom is -0.353 e. The van der Waals surface area contributed by atoms with Crippen LogP contribution in [0.15, 0.2) is 24.5 Å². The Labute approximate surface area is 146 Å². The van der Waals surface area contributed by atoms with Crippen molar-refractivity contribution in [3.63, 3.8) is 0 Å². The number of amides is 4. The van der Waals surface area contributed by atoms with Crippen LogP contribution in [0.25, 0.3) is 0 Å². The highest BCUT2D eigenvalue weighted by molar-refractivity contribution is 6.03. The second-order valence-corrected chi connectivity index (χ2v) is 6.41. The fourth-order valence-electron chi connectivity index (χ4n) is 3.31. The fourth-order valence-corrected chi connectivity index (χ4v) is 3.31. The molecule has 25 heavy (non-hydrogen) atoms. The number of hydrogen-bond donors (Lipinski definition) is 2. The molecule has 1 atom stereocenters. The van der Waals surface area contributed by atoms with E-state index in [9.17, 15) is 14.4 Å². The van der Waals surface area contributed by atoms with Crippen LogP contribution in [-0.2, 0) is 9.59 Å². The molecule has 134 valence electrons. The van der Waals surface area contributed by atoms with E-state index in [-0.39, 0.29) is 30.9 Å². The number of imide groups is 1. The Balaban J connectivity index is 1.59. The minimum absolute atomic E-state index is 0.0620. The molecule has 0 unspecified atom stereocenters. The summed E-state index contributed by atoms with van der Waals surface area (Å²) in [4.78, 5) is 42.7. The van der Waals surface area contributed by atoms with Gasteiger partial charge in [0.25, 0.3) is 0 Å². The van der Waals surface area contributed by atoms with Crippen molar-refractivity contribution in [3.8, 4) is 0 Å². The molecule has 0 spiro atoms. The predicted octanol–water partition coefficient (Wildman–Crippen LogP) is 0.277. The van der Waals surface area contributed by atoms with Gasteiger partial charge in [-0.05, 0) is 37.6 Å². The molecule has 0 aromatic carbocycles. The SMILES string of the molecule is O=C(CN1CC(=O)NC1=O)NC[C@@H](c1cccnc1)N1CCCCC1. The molecular weight excluding hydrogens is 322 g/mol. The van der Waals surface area contributed by atoms with E-state index in [1.807, 2.05) is 18.3 Å². The largest absolute Gasteiger partial charge is 0.353 e. The van der Waals surface area contributed by atoms with E-state index in [4.69, 9.17) is 0 Å². The summed E-state index contributed by atoms with van der Waals surface area (Å²) in [6.07, 6.45) is 7.11. The quantitative estimate of drug-likeness (QED) is 0.722. The fraction of sp³-hybridized carbons (Fsp3) is 0.529. The van der Waals surface area contributed by atoms with E-state index in [0.717, 1.165) is 31.5 Å². The molecule has 0 bridgehead atoms. The Morgan fingerprint density at radius 3 is 2.72 bits per heavy atom. The second kappa shape index (κ2) is 8.06. The lowest BCUT2D eigenvalue weighted by atomic mass is 10.0. The maximum Gasteiger partial charge on any atom is 0.325 e. The molecule has 0 radical (unpaired) electrons. The number of piperidine rings is 1. The highest BCUT2D eigenvalue weighted by Gasteiger charge is 2.29. The van der Waals surface area contributed by atoms with Crippen LogP contribution in [0.2, 0.25) is 0 Å². The summed E-state index contributed by atoms with van der Waals surface area (Å²) in [6.45, 7) is 2.27. The van der Waals surface area contributed by atoms with E-state index in [1.54, 1.807) is 6.20 Å². The van der Waals surface area contributed by atoms with Gasteiger partial charge in [-0.25, -0.2) is 4.79 Å². The Hall–Kier alpha value is -2.48. The molecule has 3 rings (SSSR count). The van der Waals surface area contributed by atoms with Crippen LogP contribution in [0.4, 0.5) is 4.79 Å². The molecule has 2 aliphatic rings. The number of nitrogens with one attached hydrogen (secondary N) is 2. The van der Waals surface area contributed by atoms with Crippen LogP contribution in [0.1, 0.15) is 30.9 Å². The van der Waals surface area contributed by atoms with Gasteiger partial charge < -0.3 is 10.2 Å². The number of pyridine rings is 1. The minimum atomic E-state index is -0.514. The van der Waals surface area contributed by atoms with Gasteiger partial charge in [0.05, 0.1) is 6.04 Å². The monoisotopic (exact) mass is 345 g/mol. The van der Waals surface area contributed by atoms with Gasteiger partial charge in [-0.2, -0.15) is 0 Å². The molecule has 2 N–H and O–H groups in total. The molecule has 3 heterocycles. The lowest BCUT2D eigenvalue weighted by Crippen LogP contribution is -2.44. The van der Waals surface area contributed by atoms with Crippen LogP contribution in [-0.4, -0.2) is 65.4 Å². The molecular formula is C17H23N5O3. The zero-order valence-electron chi connectivity index (χ0n) is 14.1. The van der Waals surface area contributed by atoms with Gasteiger partial charge in [0.2, 0.25) is 11.8 Å². The Kier molecular flexibility index (Phi) is 5.60. The van der Waals surface area contributed by atoms with Crippen molar-refractivity contribution in [1.29, 1.82) is 0 Å². The summed E-state index contributed by atoms with van der Waals surface area (Å²) in [5.74, 6) is -0.643. The van der Waals surface area contributed by atoms with Crippen LogP contribution < -0.4 is 10.6 Å². The maximum absolute atomic E-state index is 12.2. The van der Waals surface area contributed by atoms with E-state index in [1.165, 1.54) is 11.3 Å². The zero-order chi connectivity index (χ0) is 17.6. The third-order valence-electron chi connectivity index (χ3n) is 4.60. The zero-order valence-corrected chi connectivity index (χ0v) is 14.1. The standard InChI is InChI=1S/C17H23N5O3/c23-15(11-22-12-16(24)20-17(22)25)19-10-14(13-5-4-6-18-9-13)21-7-2-1-3-8-21/h4-6,9,14H,1-3,7-8,10-12H2,(H,19,23)(H,20,24,25)/t14-/m0/s1. The molecule has 2 saturated heterocycles. The Morgan fingerprint density at radius 2 is 2.08 bits per heavy atom. The Morgan fingerprint density at radius 1 is 1.28 bits per heavy atom. The van der Waals surface area contributed by atoms with Gasteiger partial charge in [0.1, 0.15) is 13.1 Å². The first-order valence-electron chi connectivity index (χ1n) is 8.63. The van der Waals surface area contributed by atoms with Crippen LogP contribution in [0.5, 0.6) is 0 Å². The van der Waals surface area contributed by atoms with Crippen molar-refractivity contribution < 1.29 is 14.4 Å². The van der Waals surface area contributed by atoms with Crippen molar-refractivity contribution in [1.82, 2.24) is 25.4 Å². The number of rotatable bonds is 6. The van der Waals surface area contributed by atoms with Crippen LogP contribution >= 0.6 is 0 Å². The van der Waals surface area contributed by atoms with Crippen molar-refractivity contribution in [3.05, 3.63) is 30.1 Å². The third kappa shape index (κ3) is 4.54. The molecule has 2 aliphatic heterocycles. The Bertz CT molecular complexity index is 630. The summed E-state index contributed by atoms with van der Waals surface area (Å²) in [5, 5.41) is 5.07.